The summed E-state index contributed by atoms with van der Waals surface area (Å²) >= 11 is 5.33. The number of carboxylic acids is 2. The van der Waals surface area contributed by atoms with E-state index in [1.54, 1.807) is 83.1 Å². The van der Waals surface area contributed by atoms with Crippen LogP contribution >= 0.6 is 35.6 Å². The molecule has 0 saturated carbocycles. The number of aliphatic hydroxyl groups excluding tert-OH is 1. The number of hydrogen-bond acceptors (Lipinski definition) is 19. The number of aliphatic hydroxyl groups is 1. The van der Waals surface area contributed by atoms with Crippen LogP contribution in [0.5, 0.6) is 0 Å². The van der Waals surface area contributed by atoms with Crippen LogP contribution < -0.4 is 29.6 Å². The van der Waals surface area contributed by atoms with Crippen LogP contribution in [0.4, 0.5) is 19.2 Å². The molecule has 4 aliphatic heterocycles. The number of hydrogen-bond donors (Lipinski definition) is 3. The molecule has 540 valence electrons. The third-order valence-electron chi connectivity index (χ3n) is 14.4. The molecule has 4 atom stereocenters. The molecule has 0 spiro atoms. The smallest absolute Gasteiger partial charge is 0.870 e. The Morgan fingerprint density at radius 1 is 0.500 bits per heavy atom. The second-order valence-corrected chi connectivity index (χ2v) is 26.5. The van der Waals surface area contributed by atoms with Crippen LogP contribution in [-0.4, -0.2) is 200 Å². The topological polar surface area (TPSA) is 323 Å². The van der Waals surface area contributed by atoms with Crippen molar-refractivity contribution in [2.75, 3.05) is 66.3 Å². The molecule has 0 aliphatic carbocycles. The van der Waals surface area contributed by atoms with Crippen molar-refractivity contribution in [1.29, 1.82) is 0 Å². The number of esters is 2. The zero-order chi connectivity index (χ0) is 69.1. The molecular weight excluding hydrogens is 1390 g/mol. The summed E-state index contributed by atoms with van der Waals surface area (Å²) in [6, 6.07) is 28.9. The van der Waals surface area contributed by atoms with Crippen molar-refractivity contribution < 1.29 is 133 Å². The summed E-state index contributed by atoms with van der Waals surface area (Å²) in [6.07, 6.45) is 2.15. The Labute approximate surface area is 612 Å². The van der Waals surface area contributed by atoms with E-state index in [0.717, 1.165) is 28.0 Å². The van der Waals surface area contributed by atoms with Crippen LogP contribution in [0.3, 0.4) is 0 Å². The largest absolute Gasteiger partial charge is 1.00 e. The fourth-order valence-electron chi connectivity index (χ4n) is 10.1. The number of likely N-dealkylation sites (tertiary alicyclic amines) is 4. The van der Waals surface area contributed by atoms with Crippen LogP contribution in [0.25, 0.3) is 0 Å². The Balaban J connectivity index is -0.00000115. The van der Waals surface area contributed by atoms with Crippen LogP contribution in [0.2, 0.25) is 0 Å². The van der Waals surface area contributed by atoms with E-state index in [9.17, 15) is 53.7 Å². The van der Waals surface area contributed by atoms with Crippen molar-refractivity contribution in [2.45, 2.75) is 207 Å². The summed E-state index contributed by atoms with van der Waals surface area (Å²) in [6.45, 7) is 23.5. The molecule has 4 heterocycles. The number of carboxylic acid groups (broad SMARTS) is 2. The van der Waals surface area contributed by atoms with E-state index in [-0.39, 0.29) is 99.5 Å². The molecule has 0 radical (unpaired) electrons. The Bertz CT molecular complexity index is 2830. The molecule has 4 fully saturated rings. The number of alkyl halides is 1. The van der Waals surface area contributed by atoms with E-state index in [4.69, 9.17) is 49.5 Å². The van der Waals surface area contributed by atoms with Crippen LogP contribution in [-0.2, 0) is 81.6 Å². The Morgan fingerprint density at radius 3 is 1.16 bits per heavy atom. The number of carbonyl (C=O) groups is 8. The zero-order valence-electron chi connectivity index (χ0n) is 58.0. The molecule has 3 aromatic rings. The first kappa shape index (κ1) is 92.5. The average Bonchev–Trinajstić information content (AvgIpc) is 1.70. The third kappa shape index (κ3) is 29.9. The summed E-state index contributed by atoms with van der Waals surface area (Å²) in [5.41, 5.74) is -3.43. The monoisotopic (exact) mass is 1500 g/mol. The Kier molecular flexibility index (Phi) is 41.5. The van der Waals surface area contributed by atoms with Crippen molar-refractivity contribution in [3.8, 4) is 0 Å². The van der Waals surface area contributed by atoms with Gasteiger partial charge in [0.1, 0.15) is 34.5 Å². The minimum atomic E-state index is -1.53. The number of halogens is 2. The van der Waals surface area contributed by atoms with Gasteiger partial charge in [-0.2, -0.15) is 0 Å². The molecule has 4 aliphatic rings. The number of aliphatic carboxylic acids is 2. The minimum Gasteiger partial charge on any atom is -0.870 e. The van der Waals surface area contributed by atoms with E-state index >= 15 is 0 Å². The van der Waals surface area contributed by atoms with Gasteiger partial charge in [-0.15, -0.1) is 24.0 Å². The molecule has 0 aromatic heterocycles. The number of nitrogens with zero attached hydrogens (tertiary/aromatic N) is 4. The summed E-state index contributed by atoms with van der Waals surface area (Å²) in [5.74, 6) is -3.09. The van der Waals surface area contributed by atoms with Gasteiger partial charge < -0.3 is 63.4 Å². The molecule has 96 heavy (non-hydrogen) atoms. The van der Waals surface area contributed by atoms with Gasteiger partial charge in [-0.3, -0.25) is 19.6 Å². The van der Waals surface area contributed by atoms with Crippen molar-refractivity contribution in [2.24, 2.45) is 0 Å². The normalized spacial score (nSPS) is 19.4. The van der Waals surface area contributed by atoms with Gasteiger partial charge in [-0.1, -0.05) is 110 Å². The first-order chi connectivity index (χ1) is 43.0. The van der Waals surface area contributed by atoms with Crippen molar-refractivity contribution in [3.05, 3.63) is 108 Å². The maximum absolute atomic E-state index is 12.6. The Hall–Kier alpha value is -5.56. The second-order valence-electron chi connectivity index (χ2n) is 26.3. The Morgan fingerprint density at radius 2 is 0.823 bits per heavy atom. The molecule has 3 aromatic carbocycles. The zero-order valence-corrected chi connectivity index (χ0v) is 63.1. The van der Waals surface area contributed by atoms with Gasteiger partial charge in [0, 0.05) is 27.6 Å². The van der Waals surface area contributed by atoms with Crippen molar-refractivity contribution in [3.63, 3.8) is 0 Å². The van der Waals surface area contributed by atoms with Crippen LogP contribution in [0.1, 0.15) is 160 Å². The maximum Gasteiger partial charge on any atom is 1.00 e. The molecule has 28 heteroatoms. The van der Waals surface area contributed by atoms with Crippen molar-refractivity contribution in [1.82, 2.24) is 19.6 Å². The SMILES string of the molecule is C.CC(C)(C)OC(=O)N1CCCC1(CO)C(=O)O.CC(C)(C)OC(=O)N1CCCC1(COCc1ccccc1)C(=O)O.COC(=O)C1(COCc2ccccc2)CCCN1C(=O)OC(C)(C)C.COC(=O)[C@@H]1CCCN1C(=O)OC(C)(C)C.ClCOCc1ccccc1.I.[HH].[Na+].[OH-]. The number of methoxy groups -OCH3 is 2. The molecule has 0 bridgehead atoms. The van der Waals surface area contributed by atoms with Gasteiger partial charge in [-0.05, 0) is 151 Å². The van der Waals surface area contributed by atoms with Crippen LogP contribution in [0.15, 0.2) is 91.0 Å². The van der Waals surface area contributed by atoms with Gasteiger partial charge in [0.05, 0.1) is 53.9 Å². The van der Waals surface area contributed by atoms with E-state index in [1.807, 2.05) is 91.0 Å². The van der Waals surface area contributed by atoms with Gasteiger partial charge in [0.15, 0.2) is 16.6 Å². The average molecular weight is 1500 g/mol. The number of benzene rings is 3. The van der Waals surface area contributed by atoms with Gasteiger partial charge in [0.2, 0.25) is 0 Å². The minimum absolute atomic E-state index is 0. The summed E-state index contributed by atoms with van der Waals surface area (Å²) in [5, 5.41) is 28.2. The van der Waals surface area contributed by atoms with E-state index in [1.165, 1.54) is 28.9 Å². The van der Waals surface area contributed by atoms with Gasteiger partial charge >= 0.3 is 77.8 Å². The molecule has 7 rings (SSSR count). The third-order valence-corrected chi connectivity index (χ3v) is 14.5. The quantitative estimate of drug-likeness (QED) is 0.0395. The first-order valence-corrected chi connectivity index (χ1v) is 31.2. The molecule has 25 nitrogen and oxygen atoms in total. The molecule has 3 unspecified atom stereocenters. The number of ether oxygens (including phenoxy) is 9. The number of amides is 4. The second kappa shape index (κ2) is 43.1. The molecule has 4 amide bonds. The summed E-state index contributed by atoms with van der Waals surface area (Å²) < 4.78 is 47.2. The van der Waals surface area contributed by atoms with Gasteiger partial charge in [-0.25, -0.2) is 38.4 Å². The fourth-order valence-corrected chi connectivity index (χ4v) is 10.2. The van der Waals surface area contributed by atoms with E-state index in [2.05, 4.69) is 4.74 Å². The van der Waals surface area contributed by atoms with Crippen molar-refractivity contribution >= 4 is 83.8 Å². The maximum atomic E-state index is 12.6. The first-order valence-electron chi connectivity index (χ1n) is 30.7. The predicted octanol–water partition coefficient (Wildman–Crippen LogP) is 9.32. The number of rotatable bonds is 16. The number of carbonyl (C=O) groups excluding carboxylic acids is 6. The van der Waals surface area contributed by atoms with Gasteiger partial charge in [0.25, 0.3) is 0 Å². The van der Waals surface area contributed by atoms with Crippen LogP contribution in [0, 0.1) is 0 Å². The standard InChI is InChI=1S/C19H27NO5.C18H25NO5.C11H19NO5.C11H19NO4.C8H9ClO.CH4.HI.Na.H2O.H2/c1-18(2,3)25-17(22)20-12-8-11-19(20,16(21)23-4)14-24-13-15-9-6-5-7-10-15;1-17(2,3)24-16(22)19-11-7-10-18(19,15(20)21)13-23-12-14-8-5-4-6-9-14;1-10(2,3)17-9(16)12-6-4-5-11(12,7-13)8(14)15;1-11(2,3)16-10(14)12-7-5-6-8(12)9(13)15-4;9-7-10-6-8-4-2-1-3-5-8;;;;;/h5-7,9-10H,8,11-14H2,1-4H3;4-6,8-9H,7,10-13H2,1-3H3,(H,20,21);13H,4-7H2,1-3H3,(H,14,15);8H,5-7H2,1-4H3;1-5H,6-7H2;1H4;1H;;1H2;1H/q;;;;;;;+1;;/p-1/t;;;8-;;;;;;/m...0....../s1. The fraction of sp³-hybridized carbons (Fsp3) is 0.618. The molecule has 4 N–H and O–H groups in total. The van der Waals surface area contributed by atoms with E-state index < -0.39 is 94.0 Å². The van der Waals surface area contributed by atoms with E-state index in [0.29, 0.717) is 84.5 Å². The summed E-state index contributed by atoms with van der Waals surface area (Å²) in [4.78, 5) is 101. The molecular formula is C68H107ClIN4NaO21. The molecule has 4 saturated heterocycles. The summed E-state index contributed by atoms with van der Waals surface area (Å²) in [7, 11) is 2.65. The predicted molar refractivity (Wildman–Crippen MR) is 367 cm³/mol.